The number of nitrogens with zero attached hydrogens (tertiary/aromatic N) is 6. The van der Waals surface area contributed by atoms with E-state index in [0.717, 1.165) is 50.0 Å². The molecule has 8 heteroatoms. The fourth-order valence-corrected chi connectivity index (χ4v) is 4.32. The molecular formula is C22H25N7O. The fourth-order valence-electron chi connectivity index (χ4n) is 4.32. The predicted octanol–water partition coefficient (Wildman–Crippen LogP) is 2.64. The van der Waals surface area contributed by atoms with Gasteiger partial charge >= 0.3 is 0 Å². The Hall–Kier alpha value is -3.29. The molecule has 1 saturated carbocycles. The van der Waals surface area contributed by atoms with E-state index < -0.39 is 0 Å². The summed E-state index contributed by atoms with van der Waals surface area (Å²) in [6.45, 7) is 0.958. The second-order valence-corrected chi connectivity index (χ2v) is 8.13. The molecule has 0 unspecified atom stereocenters. The first kappa shape index (κ1) is 18.7. The van der Waals surface area contributed by atoms with Gasteiger partial charge in [0.15, 0.2) is 0 Å². The number of rotatable bonds is 4. The topological polar surface area (TPSA) is 88.8 Å². The summed E-state index contributed by atoms with van der Waals surface area (Å²) in [5.74, 6) is 1.49. The number of nitrogens with one attached hydrogen (secondary N) is 1. The van der Waals surface area contributed by atoms with Crippen molar-refractivity contribution in [2.75, 3.05) is 18.5 Å². The van der Waals surface area contributed by atoms with Crippen LogP contribution in [-0.2, 0) is 6.42 Å². The van der Waals surface area contributed by atoms with Crippen LogP contribution in [0, 0.1) is 0 Å². The predicted molar refractivity (Wildman–Crippen MR) is 113 cm³/mol. The highest BCUT2D eigenvalue weighted by atomic mass is 16.1. The average Bonchev–Trinajstić information content (AvgIpc) is 3.42. The molecule has 0 spiro atoms. The van der Waals surface area contributed by atoms with Crippen molar-refractivity contribution in [1.29, 1.82) is 0 Å². The SMILES string of the molecule is CN1CCc2ccc(C(=O)NC3CCC(n4nnc(-c5ccccc5)n4)CC3)nc21. The first-order valence-corrected chi connectivity index (χ1v) is 10.5. The van der Waals surface area contributed by atoms with Crippen LogP contribution >= 0.6 is 0 Å². The number of likely N-dealkylation sites (N-methyl/N-ethyl adjacent to an activating group) is 1. The van der Waals surface area contributed by atoms with E-state index in [1.807, 2.05) is 49.5 Å². The zero-order valence-corrected chi connectivity index (χ0v) is 17.0. The van der Waals surface area contributed by atoms with E-state index in [1.54, 1.807) is 4.80 Å². The molecule has 1 aliphatic heterocycles. The second kappa shape index (κ2) is 7.85. The Balaban J connectivity index is 1.18. The summed E-state index contributed by atoms with van der Waals surface area (Å²) in [6.07, 6.45) is 4.60. The van der Waals surface area contributed by atoms with Crippen LogP contribution in [0.1, 0.15) is 47.8 Å². The number of carbonyl (C=O) groups excluding carboxylic acids is 1. The fraction of sp³-hybridized carbons (Fsp3) is 0.409. The van der Waals surface area contributed by atoms with Crippen molar-refractivity contribution in [2.24, 2.45) is 0 Å². The van der Waals surface area contributed by atoms with Crippen LogP contribution in [0.25, 0.3) is 11.4 Å². The van der Waals surface area contributed by atoms with Gasteiger partial charge in [0.05, 0.1) is 6.04 Å². The Bertz CT molecular complexity index is 1040. The Morgan fingerprint density at radius 2 is 1.87 bits per heavy atom. The largest absolute Gasteiger partial charge is 0.359 e. The maximum atomic E-state index is 12.7. The molecule has 1 fully saturated rings. The minimum Gasteiger partial charge on any atom is -0.359 e. The van der Waals surface area contributed by atoms with Crippen molar-refractivity contribution >= 4 is 11.7 Å². The van der Waals surface area contributed by atoms with E-state index in [9.17, 15) is 4.79 Å². The van der Waals surface area contributed by atoms with Crippen LogP contribution in [0.15, 0.2) is 42.5 Å². The summed E-state index contributed by atoms with van der Waals surface area (Å²) in [5, 5.41) is 16.2. The van der Waals surface area contributed by atoms with Gasteiger partial charge < -0.3 is 10.2 Å². The van der Waals surface area contributed by atoms with E-state index in [-0.39, 0.29) is 18.0 Å². The minimum absolute atomic E-state index is 0.0909. The molecule has 30 heavy (non-hydrogen) atoms. The van der Waals surface area contributed by atoms with Crippen LogP contribution in [0.2, 0.25) is 0 Å². The number of pyridine rings is 1. The van der Waals surface area contributed by atoms with Gasteiger partial charge in [0, 0.05) is 25.2 Å². The number of anilines is 1. The number of fused-ring (bicyclic) bond motifs is 1. The van der Waals surface area contributed by atoms with Crippen LogP contribution in [0.4, 0.5) is 5.82 Å². The number of benzene rings is 1. The van der Waals surface area contributed by atoms with Crippen molar-refractivity contribution in [3.8, 4) is 11.4 Å². The van der Waals surface area contributed by atoms with E-state index >= 15 is 0 Å². The zero-order valence-electron chi connectivity index (χ0n) is 17.0. The standard InChI is InChI=1S/C22H25N7O/c1-28-14-13-16-7-12-19(24-21(16)28)22(30)23-17-8-10-18(11-9-17)29-26-20(25-27-29)15-5-3-2-4-6-15/h2-7,12,17-18H,8-11,13-14H2,1H3,(H,23,30). The van der Waals surface area contributed by atoms with Crippen LogP contribution in [0.5, 0.6) is 0 Å². The molecule has 2 aromatic heterocycles. The third-order valence-corrected chi connectivity index (χ3v) is 6.09. The van der Waals surface area contributed by atoms with Gasteiger partial charge in [-0.05, 0) is 48.9 Å². The van der Waals surface area contributed by atoms with Gasteiger partial charge in [0.2, 0.25) is 5.82 Å². The molecule has 3 aromatic rings. The first-order valence-electron chi connectivity index (χ1n) is 10.5. The molecule has 3 heterocycles. The molecule has 2 aliphatic rings. The Kier molecular flexibility index (Phi) is 4.90. The lowest BCUT2D eigenvalue weighted by atomic mass is 9.91. The van der Waals surface area contributed by atoms with Gasteiger partial charge in [0.25, 0.3) is 5.91 Å². The highest BCUT2D eigenvalue weighted by molar-refractivity contribution is 5.93. The summed E-state index contributed by atoms with van der Waals surface area (Å²) in [7, 11) is 2.02. The lowest BCUT2D eigenvalue weighted by Gasteiger charge is -2.28. The van der Waals surface area contributed by atoms with E-state index in [2.05, 4.69) is 30.6 Å². The number of tetrazole rings is 1. The van der Waals surface area contributed by atoms with Gasteiger partial charge in [0.1, 0.15) is 11.5 Å². The van der Waals surface area contributed by atoms with Gasteiger partial charge in [-0.1, -0.05) is 36.4 Å². The van der Waals surface area contributed by atoms with E-state index in [0.29, 0.717) is 11.5 Å². The van der Waals surface area contributed by atoms with Gasteiger partial charge in [-0.3, -0.25) is 4.79 Å². The summed E-state index contributed by atoms with van der Waals surface area (Å²) < 4.78 is 0. The summed E-state index contributed by atoms with van der Waals surface area (Å²) in [6, 6.07) is 14.1. The molecule has 0 atom stereocenters. The normalized spacial score (nSPS) is 20.8. The number of amides is 1. The molecular weight excluding hydrogens is 378 g/mol. The molecule has 5 rings (SSSR count). The summed E-state index contributed by atoms with van der Waals surface area (Å²) >= 11 is 0. The quantitative estimate of drug-likeness (QED) is 0.720. The monoisotopic (exact) mass is 403 g/mol. The second-order valence-electron chi connectivity index (χ2n) is 8.13. The highest BCUT2D eigenvalue weighted by Crippen LogP contribution is 2.28. The van der Waals surface area contributed by atoms with Gasteiger partial charge in [-0.25, -0.2) is 4.98 Å². The van der Waals surface area contributed by atoms with E-state index in [1.165, 1.54) is 5.56 Å². The maximum Gasteiger partial charge on any atom is 0.270 e. The molecule has 154 valence electrons. The lowest BCUT2D eigenvalue weighted by Crippen LogP contribution is -2.38. The van der Waals surface area contributed by atoms with Crippen LogP contribution < -0.4 is 10.2 Å². The molecule has 0 saturated heterocycles. The van der Waals surface area contributed by atoms with Crippen molar-refractivity contribution in [3.63, 3.8) is 0 Å². The molecule has 1 amide bonds. The average molecular weight is 403 g/mol. The van der Waals surface area contributed by atoms with Crippen molar-refractivity contribution in [1.82, 2.24) is 30.5 Å². The molecule has 8 nitrogen and oxygen atoms in total. The smallest absolute Gasteiger partial charge is 0.270 e. The lowest BCUT2D eigenvalue weighted by molar-refractivity contribution is 0.0915. The molecule has 0 bridgehead atoms. The zero-order chi connectivity index (χ0) is 20.5. The molecule has 0 radical (unpaired) electrons. The van der Waals surface area contributed by atoms with Crippen molar-refractivity contribution < 1.29 is 4.79 Å². The minimum atomic E-state index is -0.0909. The number of hydrogen-bond donors (Lipinski definition) is 1. The van der Waals surface area contributed by atoms with Crippen LogP contribution in [0.3, 0.4) is 0 Å². The van der Waals surface area contributed by atoms with Crippen LogP contribution in [-0.4, -0.2) is 50.7 Å². The molecule has 1 aromatic carbocycles. The maximum absolute atomic E-state index is 12.7. The molecule has 1 N–H and O–H groups in total. The van der Waals surface area contributed by atoms with Gasteiger partial charge in [-0.15, -0.1) is 10.2 Å². The number of hydrogen-bond acceptors (Lipinski definition) is 6. The Morgan fingerprint density at radius 1 is 1.07 bits per heavy atom. The van der Waals surface area contributed by atoms with Crippen molar-refractivity contribution in [2.45, 2.75) is 44.2 Å². The number of aromatic nitrogens is 5. The summed E-state index contributed by atoms with van der Waals surface area (Å²) in [5.41, 5.74) is 2.68. The first-order chi connectivity index (χ1) is 14.7. The van der Waals surface area contributed by atoms with Crippen molar-refractivity contribution in [3.05, 3.63) is 53.7 Å². The number of carbonyl (C=O) groups is 1. The Labute approximate surface area is 175 Å². The third kappa shape index (κ3) is 3.65. The van der Waals surface area contributed by atoms with E-state index in [4.69, 9.17) is 0 Å². The highest BCUT2D eigenvalue weighted by Gasteiger charge is 2.27. The Morgan fingerprint density at radius 3 is 2.67 bits per heavy atom. The third-order valence-electron chi connectivity index (χ3n) is 6.09. The molecule has 1 aliphatic carbocycles. The van der Waals surface area contributed by atoms with Gasteiger partial charge in [-0.2, -0.15) is 4.80 Å². The summed E-state index contributed by atoms with van der Waals surface area (Å²) in [4.78, 5) is 21.1.